The van der Waals surface area contributed by atoms with Gasteiger partial charge in [-0.2, -0.15) is 14.6 Å². The van der Waals surface area contributed by atoms with Crippen LogP contribution in [0, 0.1) is 0 Å². The van der Waals surface area contributed by atoms with E-state index in [-0.39, 0.29) is 5.78 Å². The van der Waals surface area contributed by atoms with Crippen LogP contribution < -0.4 is 4.90 Å². The number of nitrogens with zero attached hydrogens (tertiary/aromatic N) is 5. The fraction of sp³-hybridized carbons (Fsp3) is 0.200. The Morgan fingerprint density at radius 1 is 1.23 bits per heavy atom. The zero-order valence-electron chi connectivity index (χ0n) is 12.5. The van der Waals surface area contributed by atoms with Gasteiger partial charge in [-0.3, -0.25) is 4.79 Å². The van der Waals surface area contributed by atoms with Gasteiger partial charge in [0.2, 0.25) is 5.95 Å². The number of hydrogen-bond acceptors (Lipinski definition) is 6. The van der Waals surface area contributed by atoms with Crippen molar-refractivity contribution in [1.29, 1.82) is 0 Å². The number of rotatable bonds is 4. The van der Waals surface area contributed by atoms with E-state index < -0.39 is 0 Å². The standard InChI is InChI=1S/C15H15N5OS/c1-10(21)12-9-16-20-13(12)17-14(22-3)18-15(20)19(2)11-7-5-4-6-8-11/h4-9H,1-3H3. The van der Waals surface area contributed by atoms with Crippen molar-refractivity contribution in [2.45, 2.75) is 12.1 Å². The minimum absolute atomic E-state index is 0.0610. The summed E-state index contributed by atoms with van der Waals surface area (Å²) in [6.45, 7) is 1.51. The third-order valence-electron chi connectivity index (χ3n) is 3.34. The van der Waals surface area contributed by atoms with E-state index in [1.165, 1.54) is 18.7 Å². The normalized spacial score (nSPS) is 10.9. The van der Waals surface area contributed by atoms with Gasteiger partial charge < -0.3 is 4.90 Å². The summed E-state index contributed by atoms with van der Waals surface area (Å²) < 4.78 is 1.60. The van der Waals surface area contributed by atoms with Crippen LogP contribution in [-0.4, -0.2) is 38.7 Å². The molecule has 0 saturated heterocycles. The molecule has 2 heterocycles. The Bertz CT molecular complexity index is 831. The van der Waals surface area contributed by atoms with Crippen LogP contribution in [0.5, 0.6) is 0 Å². The highest BCUT2D eigenvalue weighted by atomic mass is 32.2. The molecule has 0 saturated carbocycles. The molecule has 0 unspecified atom stereocenters. The van der Waals surface area contributed by atoms with Gasteiger partial charge in [-0.15, -0.1) is 0 Å². The minimum Gasteiger partial charge on any atom is -0.313 e. The average molecular weight is 313 g/mol. The van der Waals surface area contributed by atoms with E-state index in [4.69, 9.17) is 0 Å². The Labute approximate surface area is 132 Å². The van der Waals surface area contributed by atoms with Crippen LogP contribution in [0.15, 0.2) is 41.7 Å². The number of thioether (sulfide) groups is 1. The number of benzene rings is 1. The first-order chi connectivity index (χ1) is 10.6. The van der Waals surface area contributed by atoms with Gasteiger partial charge >= 0.3 is 0 Å². The quantitative estimate of drug-likeness (QED) is 0.545. The van der Waals surface area contributed by atoms with E-state index >= 15 is 0 Å². The first-order valence-electron chi connectivity index (χ1n) is 6.71. The maximum absolute atomic E-state index is 11.7. The lowest BCUT2D eigenvalue weighted by molar-refractivity contribution is 0.101. The smallest absolute Gasteiger partial charge is 0.235 e. The third kappa shape index (κ3) is 2.43. The monoisotopic (exact) mass is 313 g/mol. The maximum Gasteiger partial charge on any atom is 0.235 e. The summed E-state index contributed by atoms with van der Waals surface area (Å²) in [7, 11) is 1.91. The van der Waals surface area contributed by atoms with E-state index in [0.717, 1.165) is 5.69 Å². The van der Waals surface area contributed by atoms with E-state index in [1.807, 2.05) is 48.5 Å². The zero-order valence-corrected chi connectivity index (χ0v) is 13.3. The van der Waals surface area contributed by atoms with Crippen molar-refractivity contribution < 1.29 is 4.79 Å². The lowest BCUT2D eigenvalue weighted by Gasteiger charge is -2.19. The summed E-state index contributed by atoms with van der Waals surface area (Å²) in [6.07, 6.45) is 3.45. The molecule has 0 amide bonds. The third-order valence-corrected chi connectivity index (χ3v) is 3.88. The molecule has 3 rings (SSSR count). The van der Waals surface area contributed by atoms with Gasteiger partial charge in [0.25, 0.3) is 0 Å². The number of ketones is 1. The lowest BCUT2D eigenvalue weighted by Crippen LogP contribution is -2.17. The van der Waals surface area contributed by atoms with Crippen LogP contribution in [0.1, 0.15) is 17.3 Å². The topological polar surface area (TPSA) is 63.4 Å². The predicted molar refractivity (Wildman–Crippen MR) is 87.1 cm³/mol. The van der Waals surface area contributed by atoms with E-state index in [9.17, 15) is 4.79 Å². The molecule has 0 aliphatic rings. The van der Waals surface area contributed by atoms with Crippen LogP contribution >= 0.6 is 11.8 Å². The summed E-state index contributed by atoms with van der Waals surface area (Å²) in [6, 6.07) is 9.86. The first kappa shape index (κ1) is 14.5. The van der Waals surface area contributed by atoms with Crippen molar-refractivity contribution in [1.82, 2.24) is 19.6 Å². The van der Waals surface area contributed by atoms with E-state index in [1.54, 1.807) is 10.7 Å². The number of para-hydroxylation sites is 1. The molecule has 6 nitrogen and oxygen atoms in total. The highest BCUT2D eigenvalue weighted by Crippen LogP contribution is 2.25. The Morgan fingerprint density at radius 2 is 1.95 bits per heavy atom. The number of hydrogen-bond donors (Lipinski definition) is 0. The summed E-state index contributed by atoms with van der Waals surface area (Å²) >= 11 is 1.43. The molecule has 1 aromatic carbocycles. The number of anilines is 2. The fourth-order valence-corrected chi connectivity index (χ4v) is 2.52. The van der Waals surface area contributed by atoms with Crippen LogP contribution in [-0.2, 0) is 0 Å². The molecule has 3 aromatic rings. The lowest BCUT2D eigenvalue weighted by atomic mass is 10.2. The SMILES string of the molecule is CSc1nc(N(C)c2ccccc2)n2ncc(C(C)=O)c2n1. The molecule has 0 N–H and O–H groups in total. The highest BCUT2D eigenvalue weighted by molar-refractivity contribution is 7.98. The van der Waals surface area contributed by atoms with Crippen molar-refractivity contribution in [2.24, 2.45) is 0 Å². The fourth-order valence-electron chi connectivity index (χ4n) is 2.17. The van der Waals surface area contributed by atoms with E-state index in [2.05, 4.69) is 15.1 Å². The Morgan fingerprint density at radius 3 is 2.59 bits per heavy atom. The number of aromatic nitrogens is 4. The number of fused-ring (bicyclic) bond motifs is 1. The van der Waals surface area contributed by atoms with Gasteiger partial charge in [0.1, 0.15) is 0 Å². The van der Waals surface area contributed by atoms with Crippen molar-refractivity contribution >= 4 is 34.8 Å². The van der Waals surface area contributed by atoms with Crippen molar-refractivity contribution in [3.8, 4) is 0 Å². The van der Waals surface area contributed by atoms with Gasteiger partial charge in [0.05, 0.1) is 11.8 Å². The van der Waals surface area contributed by atoms with Gasteiger partial charge in [-0.1, -0.05) is 30.0 Å². The molecule has 22 heavy (non-hydrogen) atoms. The van der Waals surface area contributed by atoms with Gasteiger partial charge in [-0.25, -0.2) is 4.98 Å². The second-order valence-electron chi connectivity index (χ2n) is 4.75. The largest absolute Gasteiger partial charge is 0.313 e. The van der Waals surface area contributed by atoms with Gasteiger partial charge in [0.15, 0.2) is 16.6 Å². The van der Waals surface area contributed by atoms with Gasteiger partial charge in [-0.05, 0) is 25.3 Å². The van der Waals surface area contributed by atoms with Crippen LogP contribution in [0.2, 0.25) is 0 Å². The van der Waals surface area contributed by atoms with Gasteiger partial charge in [0, 0.05) is 12.7 Å². The highest BCUT2D eigenvalue weighted by Gasteiger charge is 2.18. The molecule has 7 heteroatoms. The molecule has 0 fully saturated rings. The minimum atomic E-state index is -0.0610. The number of carbonyl (C=O) groups is 1. The summed E-state index contributed by atoms with van der Waals surface area (Å²) in [5, 5.41) is 4.89. The van der Waals surface area contributed by atoms with E-state index in [0.29, 0.717) is 22.3 Å². The second kappa shape index (κ2) is 5.76. The average Bonchev–Trinajstić information content (AvgIpc) is 2.98. The number of carbonyl (C=O) groups excluding carboxylic acids is 1. The van der Waals surface area contributed by atoms with Crippen LogP contribution in [0.3, 0.4) is 0 Å². The van der Waals surface area contributed by atoms with Crippen molar-refractivity contribution in [2.75, 3.05) is 18.2 Å². The molecule has 0 bridgehead atoms. The molecule has 0 radical (unpaired) electrons. The summed E-state index contributed by atoms with van der Waals surface area (Å²) in [4.78, 5) is 22.6. The van der Waals surface area contributed by atoms with Crippen molar-refractivity contribution in [3.63, 3.8) is 0 Å². The molecular formula is C15H15N5OS. The second-order valence-corrected chi connectivity index (χ2v) is 5.53. The molecule has 0 atom stereocenters. The van der Waals surface area contributed by atoms with Crippen molar-refractivity contribution in [3.05, 3.63) is 42.1 Å². The predicted octanol–water partition coefficient (Wildman–Crippen LogP) is 2.82. The molecular weight excluding hydrogens is 298 g/mol. The molecule has 0 spiro atoms. The molecule has 112 valence electrons. The Kier molecular flexibility index (Phi) is 3.81. The zero-order chi connectivity index (χ0) is 15.7. The number of Topliss-reactive ketones (excluding diaryl/α,β-unsaturated/α-hetero) is 1. The van der Waals surface area contributed by atoms with Crippen LogP contribution in [0.4, 0.5) is 11.6 Å². The molecule has 0 aliphatic carbocycles. The first-order valence-corrected chi connectivity index (χ1v) is 7.93. The maximum atomic E-state index is 11.7. The Hall–Kier alpha value is -2.41. The molecule has 2 aromatic heterocycles. The molecule has 0 aliphatic heterocycles. The summed E-state index contributed by atoms with van der Waals surface area (Å²) in [5.41, 5.74) is 2.01. The Balaban J connectivity index is 2.22. The van der Waals surface area contributed by atoms with Crippen LogP contribution in [0.25, 0.3) is 5.65 Å². The summed E-state index contributed by atoms with van der Waals surface area (Å²) in [5.74, 6) is 0.558.